The number of hydrogen-bond acceptors (Lipinski definition) is 2. The molecule has 1 aliphatic heterocycles. The van der Waals surface area contributed by atoms with Crippen LogP contribution in [0.3, 0.4) is 0 Å². The Morgan fingerprint density at radius 1 is 0.559 bits per heavy atom. The quantitative estimate of drug-likeness (QED) is 0.0963. The number of benzene rings is 7. The Morgan fingerprint density at radius 2 is 1.12 bits per heavy atom. The van der Waals surface area contributed by atoms with Crippen LogP contribution in [0, 0.1) is 11.8 Å². The molecule has 0 saturated carbocycles. The van der Waals surface area contributed by atoms with Gasteiger partial charge in [0.2, 0.25) is 5.78 Å². The Morgan fingerprint density at radius 3 is 1.81 bits per heavy atom. The largest absolute Gasteiger partial charge is 0.457 e. The molecule has 0 atom stereocenters. The van der Waals surface area contributed by atoms with Gasteiger partial charge in [-0.25, -0.2) is 4.98 Å². The monoisotopic (exact) mass is 813 g/mol. The van der Waals surface area contributed by atoms with Crippen molar-refractivity contribution in [2.45, 2.75) is 44.4 Å². The van der Waals surface area contributed by atoms with Crippen LogP contribution in [-0.2, 0) is 4.66 Å². The molecule has 0 bridgehead atoms. The molecule has 4 radical (unpaired) electrons. The van der Waals surface area contributed by atoms with Gasteiger partial charge < -0.3 is 4.74 Å². The molecule has 59 heavy (non-hydrogen) atoms. The molecule has 0 saturated heterocycles. The highest BCUT2D eigenvalue weighted by Crippen LogP contribution is 2.48. The maximum absolute atomic E-state index is 7.42. The van der Waals surface area contributed by atoms with E-state index in [1.807, 2.05) is 0 Å². The van der Waals surface area contributed by atoms with E-state index < -0.39 is 8.07 Å². The molecule has 10 rings (SSSR count). The summed E-state index contributed by atoms with van der Waals surface area (Å²) in [5.74, 6) is 4.17. The number of rotatable bonds is 11. The van der Waals surface area contributed by atoms with Crippen molar-refractivity contribution in [3.8, 4) is 17.2 Å². The van der Waals surface area contributed by atoms with Crippen molar-refractivity contribution in [2.75, 3.05) is 0 Å². The molecule has 2 aromatic heterocycles. The Kier molecular flexibility index (Phi) is 9.62. The van der Waals surface area contributed by atoms with Crippen molar-refractivity contribution in [1.29, 1.82) is 0 Å². The van der Waals surface area contributed by atoms with E-state index >= 15 is 0 Å². The normalized spacial score (nSPS) is 13.6. The van der Waals surface area contributed by atoms with Crippen LogP contribution in [-0.4, -0.2) is 41.1 Å². The number of nitrogens with zero attached hydrogens (tertiary/aromatic N) is 3. The summed E-state index contributed by atoms with van der Waals surface area (Å²) in [5, 5.41) is 5.25. The van der Waals surface area contributed by atoms with E-state index in [0.717, 1.165) is 64.1 Å². The van der Waals surface area contributed by atoms with E-state index in [1.54, 1.807) is 0 Å². The van der Waals surface area contributed by atoms with Gasteiger partial charge in [-0.1, -0.05) is 173 Å². The van der Waals surface area contributed by atoms with Crippen LogP contribution in [0.2, 0.25) is 12.1 Å². The molecular weight excluding hydrogens is 767 g/mol. The third-order valence-electron chi connectivity index (χ3n) is 11.9. The molecule has 0 unspecified atom stereocenters. The molecule has 288 valence electrons. The minimum absolute atomic E-state index is 0.123. The molecule has 0 fully saturated rings. The predicted octanol–water partition coefficient (Wildman–Crippen LogP) is 9.67. The molecule has 0 amide bonds. The number of imidazole rings is 2. The van der Waals surface area contributed by atoms with E-state index in [9.17, 15) is 0 Å². The van der Waals surface area contributed by atoms with Crippen LogP contribution in [0.15, 0.2) is 176 Å². The van der Waals surface area contributed by atoms with E-state index in [4.69, 9.17) is 9.72 Å². The van der Waals surface area contributed by atoms with Gasteiger partial charge in [-0.15, -0.1) is 0 Å². The molecule has 4 nitrogen and oxygen atoms in total. The summed E-state index contributed by atoms with van der Waals surface area (Å²) < 4.78 is 12.0. The highest BCUT2D eigenvalue weighted by Gasteiger charge is 2.49. The van der Waals surface area contributed by atoms with E-state index in [1.165, 1.54) is 44.0 Å². The van der Waals surface area contributed by atoms with Crippen molar-refractivity contribution in [2.24, 2.45) is 11.8 Å². The predicted molar refractivity (Wildman–Crippen MR) is 251 cm³/mol. The Hall–Kier alpha value is -5.74. The van der Waals surface area contributed by atoms with Gasteiger partial charge in [-0.3, -0.25) is 8.97 Å². The molecule has 0 spiro atoms. The lowest BCUT2D eigenvalue weighted by Crippen LogP contribution is -2.75. The lowest BCUT2D eigenvalue weighted by atomic mass is 9.98. The summed E-state index contributed by atoms with van der Waals surface area (Å²) in [6, 6.07) is 67.5. The fraction of sp³-hybridized carbons (Fsp3) is 0.173. The summed E-state index contributed by atoms with van der Waals surface area (Å²) in [4.78, 5) is 5.27. The van der Waals surface area contributed by atoms with Gasteiger partial charge in [0, 0.05) is 10.3 Å². The second-order valence-electron chi connectivity index (χ2n) is 16.7. The van der Waals surface area contributed by atoms with Crippen LogP contribution < -0.4 is 25.5 Å². The standard InChI is InChI=1S/C52H47N3OSi3/c1-36(2)34-57-52(58-35-37(3)4)42-25-11-16-31-48(42)56-50-43(52)26-18-32-49(50)59(39-20-7-5-8-21-39,40-22-9-6-10-23-40)41-24-17-19-38(33-41)54-46-29-14-15-30-47(46)55-45-28-13-12-27-44(45)53-51(54)55/h5-33,36-37H,34-35H2,1-4H3. The second kappa shape index (κ2) is 15.1. The van der Waals surface area contributed by atoms with Gasteiger partial charge in [0.05, 0.1) is 41.1 Å². The van der Waals surface area contributed by atoms with Gasteiger partial charge in [0.15, 0.2) is 8.07 Å². The zero-order chi connectivity index (χ0) is 40.1. The molecule has 9 aromatic rings. The zero-order valence-electron chi connectivity index (χ0n) is 34.1. The molecule has 0 N–H and O–H groups in total. The van der Waals surface area contributed by atoms with Crippen molar-refractivity contribution in [1.82, 2.24) is 14.0 Å². The summed E-state index contributed by atoms with van der Waals surface area (Å²) >= 11 is 0. The maximum Gasteiger partial charge on any atom is 0.220 e. The molecule has 0 aliphatic carbocycles. The Labute approximate surface area is 353 Å². The van der Waals surface area contributed by atoms with Crippen LogP contribution in [0.5, 0.6) is 11.5 Å². The highest BCUT2D eigenvalue weighted by molar-refractivity contribution is 7.20. The molecule has 3 heterocycles. The van der Waals surface area contributed by atoms with Crippen molar-refractivity contribution in [3.63, 3.8) is 0 Å². The SMILES string of the molecule is CC(C)C[Si]C1([Si]CC(C)C)c2ccccc2Oc2c1cccc2[Si](c1ccccc1)(c1ccccc1)c1cccc(-n2c3ccccc3n3c4ccccc4nc23)c1. The zero-order valence-corrected chi connectivity index (χ0v) is 37.1. The molecule has 7 heteroatoms. The topological polar surface area (TPSA) is 31.5 Å². The van der Waals surface area contributed by atoms with Crippen molar-refractivity contribution in [3.05, 3.63) is 187 Å². The summed E-state index contributed by atoms with van der Waals surface area (Å²) in [5.41, 5.74) is 8.17. The fourth-order valence-corrected chi connectivity index (χ4v) is 18.4. The van der Waals surface area contributed by atoms with E-state index in [0.29, 0.717) is 11.8 Å². The van der Waals surface area contributed by atoms with Crippen LogP contribution in [0.25, 0.3) is 33.5 Å². The summed E-state index contributed by atoms with van der Waals surface area (Å²) in [6.45, 7) is 9.49. The first-order valence-electron chi connectivity index (χ1n) is 20.9. The van der Waals surface area contributed by atoms with Crippen LogP contribution in [0.4, 0.5) is 0 Å². The fourth-order valence-electron chi connectivity index (χ4n) is 9.34. The van der Waals surface area contributed by atoms with Crippen molar-refractivity contribution < 1.29 is 4.74 Å². The van der Waals surface area contributed by atoms with Crippen LogP contribution in [0.1, 0.15) is 38.8 Å². The van der Waals surface area contributed by atoms with Gasteiger partial charge in [0.25, 0.3) is 0 Å². The number of fused-ring (bicyclic) bond motifs is 7. The van der Waals surface area contributed by atoms with E-state index in [2.05, 4.69) is 213 Å². The average Bonchev–Trinajstić information content (AvgIpc) is 3.81. The maximum atomic E-state index is 7.42. The third-order valence-corrected chi connectivity index (χ3v) is 22.0. The first-order chi connectivity index (χ1) is 28.9. The summed E-state index contributed by atoms with van der Waals surface area (Å²) in [7, 11) is -1.64. The average molecular weight is 814 g/mol. The third kappa shape index (κ3) is 6.09. The van der Waals surface area contributed by atoms with Gasteiger partial charge in [0.1, 0.15) is 11.5 Å². The molecule has 1 aliphatic rings. The van der Waals surface area contributed by atoms with Gasteiger partial charge in [-0.05, 0) is 86.2 Å². The lowest BCUT2D eigenvalue weighted by molar-refractivity contribution is 0.454. The number of ether oxygens (including phenoxy) is 1. The Bertz CT molecular complexity index is 2900. The number of para-hydroxylation sites is 6. The highest BCUT2D eigenvalue weighted by atomic mass is 28.3. The smallest absolute Gasteiger partial charge is 0.220 e. The minimum Gasteiger partial charge on any atom is -0.457 e. The minimum atomic E-state index is -3.12. The van der Waals surface area contributed by atoms with Gasteiger partial charge >= 0.3 is 0 Å². The lowest BCUT2D eigenvalue weighted by Gasteiger charge is -2.44. The second-order valence-corrected chi connectivity index (χ2v) is 24.0. The number of hydrogen-bond donors (Lipinski definition) is 0. The molecular formula is C52H47N3OSi3. The van der Waals surface area contributed by atoms with Crippen molar-refractivity contribution >= 4 is 75.7 Å². The number of aromatic nitrogens is 3. The Balaban J connectivity index is 1.29. The van der Waals surface area contributed by atoms with Gasteiger partial charge in [-0.2, -0.15) is 0 Å². The van der Waals surface area contributed by atoms with E-state index in [-0.39, 0.29) is 4.66 Å². The first-order valence-corrected chi connectivity index (χ1v) is 25.3. The molecule has 7 aromatic carbocycles. The first kappa shape index (κ1) is 37.5. The van der Waals surface area contributed by atoms with Crippen LogP contribution >= 0.6 is 0 Å². The summed E-state index contributed by atoms with van der Waals surface area (Å²) in [6.07, 6.45) is 0.